The summed E-state index contributed by atoms with van der Waals surface area (Å²) in [5, 5.41) is 11.0. The molecule has 1 aromatic heterocycles. The Hall–Kier alpha value is -3.65. The van der Waals surface area contributed by atoms with Gasteiger partial charge in [-0.3, -0.25) is 4.79 Å². The summed E-state index contributed by atoms with van der Waals surface area (Å²) in [6.07, 6.45) is 0. The normalized spacial score (nSPS) is 11.8. The van der Waals surface area contributed by atoms with Gasteiger partial charge in [-0.2, -0.15) is 0 Å². The van der Waals surface area contributed by atoms with Gasteiger partial charge in [0.2, 0.25) is 11.1 Å². The first-order valence-corrected chi connectivity index (χ1v) is 10.9. The molecule has 162 valence electrons. The van der Waals surface area contributed by atoms with Gasteiger partial charge in [0.1, 0.15) is 11.1 Å². The highest BCUT2D eigenvalue weighted by Crippen LogP contribution is 2.36. The molecular weight excluding hydrogens is 425 g/mol. The number of nitrogen functional groups attached to an aromatic ring is 1. The van der Waals surface area contributed by atoms with Crippen molar-refractivity contribution in [2.45, 2.75) is 24.3 Å². The van der Waals surface area contributed by atoms with E-state index >= 15 is 0 Å². The van der Waals surface area contributed by atoms with E-state index in [0.717, 1.165) is 22.4 Å². The third kappa shape index (κ3) is 4.81. The second-order valence-corrected chi connectivity index (χ2v) is 8.53. The predicted octanol–water partition coefficient (Wildman–Crippen LogP) is 4.89. The monoisotopic (exact) mass is 447 g/mol. The standard InChI is InChI=1S/C24H22FN5OS/c1-15-11-16(2)13-20(12-15)27-23(31)21(17-7-4-3-5-8-17)32-24-29-28-22(30(24)26)18-9-6-10-19(25)14-18/h3-14,21H,26H2,1-2H3,(H,27,31). The number of carbonyl (C=O) groups excluding carboxylic acids is 1. The SMILES string of the molecule is Cc1cc(C)cc(NC(=O)C(Sc2nnc(-c3cccc(F)c3)n2N)c2ccccc2)c1. The number of thioether (sulfide) groups is 1. The molecule has 0 bridgehead atoms. The number of hydrogen-bond donors (Lipinski definition) is 2. The second-order valence-electron chi connectivity index (χ2n) is 7.46. The number of carbonyl (C=O) groups is 1. The zero-order valence-corrected chi connectivity index (χ0v) is 18.4. The van der Waals surface area contributed by atoms with Crippen molar-refractivity contribution in [2.75, 3.05) is 11.2 Å². The molecule has 0 aliphatic heterocycles. The third-order valence-electron chi connectivity index (χ3n) is 4.80. The summed E-state index contributed by atoms with van der Waals surface area (Å²) in [6, 6.07) is 21.2. The van der Waals surface area contributed by atoms with Crippen LogP contribution in [0.2, 0.25) is 0 Å². The molecule has 4 aromatic rings. The molecule has 0 aliphatic rings. The molecule has 3 aromatic carbocycles. The molecule has 1 unspecified atom stereocenters. The molecule has 4 rings (SSSR count). The van der Waals surface area contributed by atoms with Crippen molar-refractivity contribution in [3.05, 3.63) is 95.3 Å². The van der Waals surface area contributed by atoms with Crippen molar-refractivity contribution in [1.29, 1.82) is 0 Å². The van der Waals surface area contributed by atoms with Crippen LogP contribution in [0.4, 0.5) is 10.1 Å². The lowest BCUT2D eigenvalue weighted by atomic mass is 10.1. The van der Waals surface area contributed by atoms with Crippen LogP contribution in [0.3, 0.4) is 0 Å². The molecular formula is C24H22FN5OS. The first-order chi connectivity index (χ1) is 15.4. The Kier molecular flexibility index (Phi) is 6.23. The van der Waals surface area contributed by atoms with Gasteiger partial charge in [0, 0.05) is 11.3 Å². The highest BCUT2D eigenvalue weighted by atomic mass is 32.2. The van der Waals surface area contributed by atoms with Crippen LogP contribution >= 0.6 is 11.8 Å². The summed E-state index contributed by atoms with van der Waals surface area (Å²) in [5.74, 6) is 5.93. The van der Waals surface area contributed by atoms with Gasteiger partial charge in [0.05, 0.1) is 0 Å². The third-order valence-corrected chi connectivity index (χ3v) is 6.01. The van der Waals surface area contributed by atoms with Gasteiger partial charge in [0.25, 0.3) is 0 Å². The van der Waals surface area contributed by atoms with Crippen LogP contribution in [0.1, 0.15) is 21.9 Å². The largest absolute Gasteiger partial charge is 0.335 e. The molecule has 8 heteroatoms. The molecule has 1 atom stereocenters. The minimum absolute atomic E-state index is 0.207. The quantitative estimate of drug-likeness (QED) is 0.325. The summed E-state index contributed by atoms with van der Waals surface area (Å²) in [4.78, 5) is 13.3. The van der Waals surface area contributed by atoms with Crippen LogP contribution in [0.15, 0.2) is 78.0 Å². The van der Waals surface area contributed by atoms with Crippen molar-refractivity contribution < 1.29 is 9.18 Å². The Morgan fingerprint density at radius 1 is 1.00 bits per heavy atom. The molecule has 1 heterocycles. The number of aryl methyl sites for hydroxylation is 2. The maximum absolute atomic E-state index is 13.6. The van der Waals surface area contributed by atoms with Gasteiger partial charge < -0.3 is 11.2 Å². The maximum Gasteiger partial charge on any atom is 0.242 e. The minimum Gasteiger partial charge on any atom is -0.335 e. The van der Waals surface area contributed by atoms with Gasteiger partial charge in [0.15, 0.2) is 5.82 Å². The molecule has 0 fully saturated rings. The van der Waals surface area contributed by atoms with E-state index in [1.807, 2.05) is 62.4 Å². The number of nitrogens with zero attached hydrogens (tertiary/aromatic N) is 3. The zero-order valence-electron chi connectivity index (χ0n) is 17.6. The average Bonchev–Trinajstić information content (AvgIpc) is 3.12. The number of aromatic nitrogens is 3. The summed E-state index contributed by atoms with van der Waals surface area (Å²) in [6.45, 7) is 3.97. The van der Waals surface area contributed by atoms with Crippen molar-refractivity contribution >= 4 is 23.4 Å². The lowest BCUT2D eigenvalue weighted by Crippen LogP contribution is -2.20. The second kappa shape index (κ2) is 9.23. The van der Waals surface area contributed by atoms with Gasteiger partial charge in [-0.25, -0.2) is 9.07 Å². The highest BCUT2D eigenvalue weighted by Gasteiger charge is 2.26. The van der Waals surface area contributed by atoms with Crippen molar-refractivity contribution in [2.24, 2.45) is 0 Å². The Labute approximate surface area is 189 Å². The van der Waals surface area contributed by atoms with E-state index < -0.39 is 11.1 Å². The number of nitrogens with one attached hydrogen (secondary N) is 1. The maximum atomic E-state index is 13.6. The first kappa shape index (κ1) is 21.6. The van der Waals surface area contributed by atoms with Gasteiger partial charge in [-0.05, 0) is 54.8 Å². The molecule has 6 nitrogen and oxygen atoms in total. The fraction of sp³-hybridized carbons (Fsp3) is 0.125. The van der Waals surface area contributed by atoms with Crippen molar-refractivity contribution in [3.63, 3.8) is 0 Å². The van der Waals surface area contributed by atoms with E-state index in [1.165, 1.54) is 28.6 Å². The summed E-state index contributed by atoms with van der Waals surface area (Å²) in [5.41, 5.74) is 4.15. The lowest BCUT2D eigenvalue weighted by Gasteiger charge is -2.17. The van der Waals surface area contributed by atoms with E-state index in [0.29, 0.717) is 16.5 Å². The Bertz CT molecular complexity index is 1240. The fourth-order valence-electron chi connectivity index (χ4n) is 3.44. The van der Waals surface area contributed by atoms with Crippen molar-refractivity contribution in [1.82, 2.24) is 14.9 Å². The number of halogens is 1. The molecule has 0 saturated heterocycles. The Morgan fingerprint density at radius 3 is 2.41 bits per heavy atom. The number of anilines is 1. The van der Waals surface area contributed by atoms with Gasteiger partial charge >= 0.3 is 0 Å². The zero-order chi connectivity index (χ0) is 22.7. The van der Waals surface area contributed by atoms with E-state index in [9.17, 15) is 9.18 Å². The molecule has 32 heavy (non-hydrogen) atoms. The van der Waals surface area contributed by atoms with Crippen LogP contribution < -0.4 is 11.2 Å². The summed E-state index contributed by atoms with van der Waals surface area (Å²) >= 11 is 1.18. The summed E-state index contributed by atoms with van der Waals surface area (Å²) in [7, 11) is 0. The van der Waals surface area contributed by atoms with Crippen LogP contribution in [0.25, 0.3) is 11.4 Å². The van der Waals surface area contributed by atoms with E-state index in [1.54, 1.807) is 12.1 Å². The molecule has 0 aliphatic carbocycles. The number of rotatable bonds is 6. The van der Waals surface area contributed by atoms with Crippen LogP contribution in [0.5, 0.6) is 0 Å². The van der Waals surface area contributed by atoms with Gasteiger partial charge in [-0.1, -0.05) is 60.3 Å². The number of nitrogens with two attached hydrogens (primary N) is 1. The minimum atomic E-state index is -0.621. The van der Waals surface area contributed by atoms with Crippen LogP contribution in [-0.2, 0) is 4.79 Å². The molecule has 0 spiro atoms. The average molecular weight is 448 g/mol. The number of amides is 1. The van der Waals surface area contributed by atoms with Crippen LogP contribution in [-0.4, -0.2) is 20.8 Å². The fourth-order valence-corrected chi connectivity index (χ4v) is 4.40. The number of hydrogen-bond acceptors (Lipinski definition) is 5. The van der Waals surface area contributed by atoms with Gasteiger partial charge in [-0.15, -0.1) is 10.2 Å². The van der Waals surface area contributed by atoms with E-state index in [2.05, 4.69) is 15.5 Å². The highest BCUT2D eigenvalue weighted by molar-refractivity contribution is 8.00. The Balaban J connectivity index is 1.64. The molecule has 0 radical (unpaired) electrons. The first-order valence-electron chi connectivity index (χ1n) is 9.98. The van der Waals surface area contributed by atoms with E-state index in [-0.39, 0.29) is 5.91 Å². The lowest BCUT2D eigenvalue weighted by molar-refractivity contribution is -0.115. The Morgan fingerprint density at radius 2 is 1.72 bits per heavy atom. The van der Waals surface area contributed by atoms with E-state index in [4.69, 9.17) is 5.84 Å². The molecule has 1 amide bonds. The molecule has 3 N–H and O–H groups in total. The van der Waals surface area contributed by atoms with Crippen LogP contribution in [0, 0.1) is 19.7 Å². The topological polar surface area (TPSA) is 85.8 Å². The number of benzene rings is 3. The predicted molar refractivity (Wildman–Crippen MR) is 125 cm³/mol. The molecule has 0 saturated carbocycles. The van der Waals surface area contributed by atoms with Crippen molar-refractivity contribution in [3.8, 4) is 11.4 Å². The summed E-state index contributed by atoms with van der Waals surface area (Å²) < 4.78 is 14.9. The smallest absolute Gasteiger partial charge is 0.242 e.